The van der Waals surface area contributed by atoms with E-state index < -0.39 is 0 Å². The Balaban J connectivity index is 2.95. The molecule has 0 saturated carbocycles. The van der Waals surface area contributed by atoms with E-state index in [4.69, 9.17) is 15.2 Å². The average molecular weight is 223 g/mol. The Hall–Kier alpha value is -1.06. The van der Waals surface area contributed by atoms with Crippen LogP contribution in [0.4, 0.5) is 0 Å². The first kappa shape index (κ1) is 13.0. The number of hydrogen-bond donors (Lipinski definition) is 1. The number of nitrogens with two attached hydrogens (primary N) is 1. The van der Waals surface area contributed by atoms with Gasteiger partial charge in [0.15, 0.2) is 0 Å². The van der Waals surface area contributed by atoms with Crippen LogP contribution in [0.5, 0.6) is 5.75 Å². The first-order chi connectivity index (χ1) is 7.63. The van der Waals surface area contributed by atoms with Crippen molar-refractivity contribution < 1.29 is 9.47 Å². The van der Waals surface area contributed by atoms with E-state index in [2.05, 4.69) is 6.92 Å². The molecule has 2 unspecified atom stereocenters. The predicted molar refractivity (Wildman–Crippen MR) is 65.7 cm³/mol. The zero-order chi connectivity index (χ0) is 12.1. The molecule has 2 atom stereocenters. The highest BCUT2D eigenvalue weighted by Crippen LogP contribution is 2.25. The Bertz CT molecular complexity index is 335. The van der Waals surface area contributed by atoms with Gasteiger partial charge >= 0.3 is 0 Å². The second kappa shape index (κ2) is 5.87. The van der Waals surface area contributed by atoms with Gasteiger partial charge in [-0.3, -0.25) is 0 Å². The lowest BCUT2D eigenvalue weighted by atomic mass is 9.96. The lowest BCUT2D eigenvalue weighted by Gasteiger charge is -2.23. The smallest absolute Gasteiger partial charge is 0.119 e. The molecule has 16 heavy (non-hydrogen) atoms. The number of rotatable bonds is 5. The normalized spacial score (nSPS) is 14.6. The SMILES string of the molecule is CCC(OC)C(N)c1ccc(OC)cc1C. The minimum Gasteiger partial charge on any atom is -0.497 e. The van der Waals surface area contributed by atoms with E-state index in [9.17, 15) is 0 Å². The molecule has 0 bridgehead atoms. The Morgan fingerprint density at radius 1 is 1.31 bits per heavy atom. The predicted octanol–water partition coefficient (Wildman–Crippen LogP) is 2.43. The summed E-state index contributed by atoms with van der Waals surface area (Å²) in [6, 6.07) is 5.86. The van der Waals surface area contributed by atoms with Gasteiger partial charge < -0.3 is 15.2 Å². The third-order valence-electron chi connectivity index (χ3n) is 2.94. The molecular formula is C13H21NO2. The van der Waals surface area contributed by atoms with E-state index in [1.54, 1.807) is 14.2 Å². The number of aryl methyl sites for hydroxylation is 1. The Morgan fingerprint density at radius 2 is 2.00 bits per heavy atom. The summed E-state index contributed by atoms with van der Waals surface area (Å²) in [5.41, 5.74) is 8.45. The van der Waals surface area contributed by atoms with Gasteiger partial charge in [-0.05, 0) is 36.6 Å². The van der Waals surface area contributed by atoms with Gasteiger partial charge in [0.2, 0.25) is 0 Å². The number of methoxy groups -OCH3 is 2. The van der Waals surface area contributed by atoms with Crippen LogP contribution < -0.4 is 10.5 Å². The second-order valence-corrected chi connectivity index (χ2v) is 3.93. The Kier molecular flexibility index (Phi) is 4.77. The van der Waals surface area contributed by atoms with Crippen molar-refractivity contribution in [2.45, 2.75) is 32.4 Å². The molecule has 1 aromatic carbocycles. The molecule has 0 aliphatic carbocycles. The molecule has 3 nitrogen and oxygen atoms in total. The minimum absolute atomic E-state index is 0.0621. The molecule has 0 amide bonds. The highest BCUT2D eigenvalue weighted by atomic mass is 16.5. The van der Waals surface area contributed by atoms with Crippen molar-refractivity contribution in [3.8, 4) is 5.75 Å². The monoisotopic (exact) mass is 223 g/mol. The van der Waals surface area contributed by atoms with Crippen molar-refractivity contribution in [2.24, 2.45) is 5.73 Å². The van der Waals surface area contributed by atoms with Gasteiger partial charge in [-0.15, -0.1) is 0 Å². The molecule has 1 aromatic rings. The van der Waals surface area contributed by atoms with Crippen LogP contribution >= 0.6 is 0 Å². The summed E-state index contributed by atoms with van der Waals surface area (Å²) in [6.45, 7) is 4.12. The van der Waals surface area contributed by atoms with Gasteiger partial charge in [0, 0.05) is 7.11 Å². The minimum atomic E-state index is -0.0825. The fourth-order valence-electron chi connectivity index (χ4n) is 1.92. The molecule has 3 heteroatoms. The fraction of sp³-hybridized carbons (Fsp3) is 0.538. The van der Waals surface area contributed by atoms with Crippen molar-refractivity contribution >= 4 is 0 Å². The molecule has 0 fully saturated rings. The number of ether oxygens (including phenoxy) is 2. The second-order valence-electron chi connectivity index (χ2n) is 3.93. The largest absolute Gasteiger partial charge is 0.497 e. The Labute approximate surface area is 97.6 Å². The molecule has 2 N–H and O–H groups in total. The Morgan fingerprint density at radius 3 is 2.44 bits per heavy atom. The molecule has 0 heterocycles. The van der Waals surface area contributed by atoms with Gasteiger partial charge in [-0.2, -0.15) is 0 Å². The quantitative estimate of drug-likeness (QED) is 0.833. The lowest BCUT2D eigenvalue weighted by molar-refractivity contribution is 0.0770. The summed E-state index contributed by atoms with van der Waals surface area (Å²) < 4.78 is 10.5. The van der Waals surface area contributed by atoms with Gasteiger partial charge in [0.25, 0.3) is 0 Å². The highest BCUT2D eigenvalue weighted by Gasteiger charge is 2.18. The summed E-state index contributed by atoms with van der Waals surface area (Å²) in [4.78, 5) is 0. The van der Waals surface area contributed by atoms with Crippen molar-refractivity contribution in [1.82, 2.24) is 0 Å². The van der Waals surface area contributed by atoms with Crippen molar-refractivity contribution in [2.75, 3.05) is 14.2 Å². The van der Waals surface area contributed by atoms with Crippen LogP contribution in [0.25, 0.3) is 0 Å². The van der Waals surface area contributed by atoms with Crippen LogP contribution in [0.15, 0.2) is 18.2 Å². The van der Waals surface area contributed by atoms with Gasteiger partial charge in [-0.1, -0.05) is 13.0 Å². The molecule has 1 rings (SSSR count). The van der Waals surface area contributed by atoms with Crippen LogP contribution in [0.3, 0.4) is 0 Å². The summed E-state index contributed by atoms with van der Waals surface area (Å²) in [6.07, 6.45) is 0.968. The molecule has 0 saturated heterocycles. The van der Waals surface area contributed by atoms with E-state index in [0.29, 0.717) is 0 Å². The summed E-state index contributed by atoms with van der Waals surface area (Å²) in [7, 11) is 3.37. The zero-order valence-corrected chi connectivity index (χ0v) is 10.5. The molecule has 0 spiro atoms. The number of hydrogen-bond acceptors (Lipinski definition) is 3. The number of benzene rings is 1. The zero-order valence-electron chi connectivity index (χ0n) is 10.5. The van der Waals surface area contributed by atoms with E-state index in [-0.39, 0.29) is 12.1 Å². The van der Waals surface area contributed by atoms with Crippen molar-refractivity contribution in [3.63, 3.8) is 0 Å². The molecule has 90 valence electrons. The first-order valence-corrected chi connectivity index (χ1v) is 5.57. The third-order valence-corrected chi connectivity index (χ3v) is 2.94. The third kappa shape index (κ3) is 2.74. The van der Waals surface area contributed by atoms with Gasteiger partial charge in [-0.25, -0.2) is 0 Å². The topological polar surface area (TPSA) is 44.5 Å². The maximum Gasteiger partial charge on any atom is 0.119 e. The fourth-order valence-corrected chi connectivity index (χ4v) is 1.92. The maximum absolute atomic E-state index is 6.19. The van der Waals surface area contributed by atoms with Gasteiger partial charge in [0.05, 0.1) is 19.3 Å². The average Bonchev–Trinajstić information content (AvgIpc) is 2.30. The maximum atomic E-state index is 6.19. The molecule has 0 aliphatic heterocycles. The van der Waals surface area contributed by atoms with E-state index in [1.165, 1.54) is 0 Å². The van der Waals surface area contributed by atoms with E-state index in [1.807, 2.05) is 25.1 Å². The van der Waals surface area contributed by atoms with E-state index >= 15 is 0 Å². The van der Waals surface area contributed by atoms with Gasteiger partial charge in [0.1, 0.15) is 5.75 Å². The van der Waals surface area contributed by atoms with Crippen molar-refractivity contribution in [1.29, 1.82) is 0 Å². The summed E-state index contributed by atoms with van der Waals surface area (Å²) in [5.74, 6) is 0.860. The van der Waals surface area contributed by atoms with Crippen LogP contribution in [-0.2, 0) is 4.74 Å². The summed E-state index contributed by atoms with van der Waals surface area (Å²) in [5, 5.41) is 0. The first-order valence-electron chi connectivity index (χ1n) is 5.57. The van der Waals surface area contributed by atoms with Crippen LogP contribution in [0.2, 0.25) is 0 Å². The van der Waals surface area contributed by atoms with Crippen molar-refractivity contribution in [3.05, 3.63) is 29.3 Å². The van der Waals surface area contributed by atoms with Crippen LogP contribution in [0.1, 0.15) is 30.5 Å². The van der Waals surface area contributed by atoms with Crippen LogP contribution in [0, 0.1) is 6.92 Å². The van der Waals surface area contributed by atoms with Crippen LogP contribution in [-0.4, -0.2) is 20.3 Å². The molecule has 0 aromatic heterocycles. The lowest BCUT2D eigenvalue weighted by Crippen LogP contribution is -2.28. The van der Waals surface area contributed by atoms with E-state index in [0.717, 1.165) is 23.3 Å². The highest BCUT2D eigenvalue weighted by molar-refractivity contribution is 5.36. The molecule has 0 radical (unpaired) electrons. The summed E-state index contributed by atoms with van der Waals surface area (Å²) >= 11 is 0. The molecular weight excluding hydrogens is 202 g/mol. The molecule has 0 aliphatic rings. The standard InChI is InChI=1S/C13H21NO2/c1-5-12(16-4)13(14)11-7-6-10(15-3)8-9(11)2/h6-8,12-13H,5,14H2,1-4H3.